The minimum atomic E-state index is -0.634. The normalized spacial score (nSPS) is 10.0. The Labute approximate surface area is 150 Å². The van der Waals surface area contributed by atoms with E-state index in [1.54, 1.807) is 23.9 Å². The molecule has 0 heterocycles. The molecule has 0 spiro atoms. The van der Waals surface area contributed by atoms with Crippen LogP contribution < -0.4 is 14.8 Å². The van der Waals surface area contributed by atoms with Crippen LogP contribution in [0.5, 0.6) is 11.5 Å². The maximum atomic E-state index is 12.1. The summed E-state index contributed by atoms with van der Waals surface area (Å²) in [6.07, 6.45) is 1.95. The van der Waals surface area contributed by atoms with Gasteiger partial charge in [0.05, 0.1) is 19.8 Å². The van der Waals surface area contributed by atoms with Crippen molar-refractivity contribution < 1.29 is 23.8 Å². The van der Waals surface area contributed by atoms with Crippen LogP contribution in [-0.4, -0.2) is 39.0 Å². The Bertz CT molecular complexity index is 741. The Morgan fingerprint density at radius 3 is 2.32 bits per heavy atom. The quantitative estimate of drug-likeness (QED) is 0.603. The van der Waals surface area contributed by atoms with Crippen molar-refractivity contribution in [3.63, 3.8) is 0 Å². The maximum Gasteiger partial charge on any atom is 0.338 e. The highest BCUT2D eigenvalue weighted by atomic mass is 32.2. The first-order valence-corrected chi connectivity index (χ1v) is 8.62. The molecule has 0 unspecified atom stereocenters. The van der Waals surface area contributed by atoms with E-state index in [1.165, 1.54) is 26.4 Å². The Balaban J connectivity index is 1.96. The fourth-order valence-electron chi connectivity index (χ4n) is 2.04. The molecule has 25 heavy (non-hydrogen) atoms. The van der Waals surface area contributed by atoms with Crippen molar-refractivity contribution >= 4 is 29.3 Å². The molecule has 0 fully saturated rings. The zero-order chi connectivity index (χ0) is 18.2. The number of rotatable bonds is 7. The smallest absolute Gasteiger partial charge is 0.338 e. The van der Waals surface area contributed by atoms with Crippen LogP contribution in [0.3, 0.4) is 0 Å². The van der Waals surface area contributed by atoms with Gasteiger partial charge < -0.3 is 19.5 Å². The summed E-state index contributed by atoms with van der Waals surface area (Å²) in [6, 6.07) is 12.1. The van der Waals surface area contributed by atoms with Crippen molar-refractivity contribution in [1.29, 1.82) is 0 Å². The highest BCUT2D eigenvalue weighted by molar-refractivity contribution is 7.98. The number of thioether (sulfide) groups is 1. The summed E-state index contributed by atoms with van der Waals surface area (Å²) in [7, 11) is 2.97. The molecule has 132 valence electrons. The average molecular weight is 361 g/mol. The Morgan fingerprint density at radius 1 is 1.04 bits per heavy atom. The number of esters is 1. The maximum absolute atomic E-state index is 12.1. The van der Waals surface area contributed by atoms with Gasteiger partial charge in [0.2, 0.25) is 0 Å². The first kappa shape index (κ1) is 18.7. The third-order valence-corrected chi connectivity index (χ3v) is 4.00. The lowest BCUT2D eigenvalue weighted by atomic mass is 10.2. The molecule has 6 nitrogen and oxygen atoms in total. The molecule has 0 atom stereocenters. The monoisotopic (exact) mass is 361 g/mol. The summed E-state index contributed by atoms with van der Waals surface area (Å²) in [5, 5.41) is 2.69. The molecule has 1 N–H and O–H groups in total. The molecule has 7 heteroatoms. The van der Waals surface area contributed by atoms with Gasteiger partial charge in [0.15, 0.2) is 6.61 Å². The molecule has 0 saturated carbocycles. The third kappa shape index (κ3) is 5.42. The lowest BCUT2D eigenvalue weighted by Gasteiger charge is -2.09. The summed E-state index contributed by atoms with van der Waals surface area (Å²) in [5.74, 6) is -0.124. The van der Waals surface area contributed by atoms with E-state index >= 15 is 0 Å². The van der Waals surface area contributed by atoms with E-state index < -0.39 is 11.9 Å². The van der Waals surface area contributed by atoms with Crippen LogP contribution in [0.25, 0.3) is 0 Å². The van der Waals surface area contributed by atoms with Gasteiger partial charge in [-0.2, -0.15) is 0 Å². The van der Waals surface area contributed by atoms with Crippen LogP contribution in [0.15, 0.2) is 47.4 Å². The molecule has 2 aromatic carbocycles. The zero-order valence-corrected chi connectivity index (χ0v) is 15.0. The predicted octanol–water partition coefficient (Wildman–Crippen LogP) is 3.22. The number of methoxy groups -OCH3 is 2. The van der Waals surface area contributed by atoms with E-state index in [0.717, 1.165) is 4.90 Å². The van der Waals surface area contributed by atoms with Gasteiger partial charge >= 0.3 is 5.97 Å². The van der Waals surface area contributed by atoms with Crippen molar-refractivity contribution in [1.82, 2.24) is 0 Å². The van der Waals surface area contributed by atoms with Crippen LogP contribution in [0.2, 0.25) is 0 Å². The average Bonchev–Trinajstić information content (AvgIpc) is 2.65. The first-order chi connectivity index (χ1) is 12.0. The molecule has 2 rings (SSSR count). The Hall–Kier alpha value is -2.67. The Morgan fingerprint density at radius 2 is 1.72 bits per heavy atom. The van der Waals surface area contributed by atoms with E-state index in [0.29, 0.717) is 17.2 Å². The van der Waals surface area contributed by atoms with Gasteiger partial charge in [0.25, 0.3) is 5.91 Å². The van der Waals surface area contributed by atoms with Crippen LogP contribution in [0.1, 0.15) is 10.4 Å². The molecule has 0 aliphatic heterocycles. The van der Waals surface area contributed by atoms with Gasteiger partial charge in [-0.05, 0) is 36.6 Å². The molecular formula is C18H19NO5S. The zero-order valence-electron chi connectivity index (χ0n) is 14.2. The molecule has 0 aliphatic carbocycles. The molecule has 0 aromatic heterocycles. The number of carbonyl (C=O) groups excluding carboxylic acids is 2. The van der Waals surface area contributed by atoms with E-state index in [-0.39, 0.29) is 12.2 Å². The Kier molecular flexibility index (Phi) is 6.71. The van der Waals surface area contributed by atoms with Crippen molar-refractivity contribution in [3.8, 4) is 11.5 Å². The van der Waals surface area contributed by atoms with Crippen LogP contribution in [0.4, 0.5) is 5.69 Å². The second-order valence-electron chi connectivity index (χ2n) is 4.96. The van der Waals surface area contributed by atoms with Crippen molar-refractivity contribution in [2.45, 2.75) is 4.90 Å². The SMILES string of the molecule is COc1cc(OC)cc(C(=O)OCC(=O)Nc2cccc(SC)c2)c1. The number of hydrogen-bond acceptors (Lipinski definition) is 6. The molecular weight excluding hydrogens is 342 g/mol. The van der Waals surface area contributed by atoms with E-state index in [4.69, 9.17) is 14.2 Å². The van der Waals surface area contributed by atoms with Gasteiger partial charge in [-0.15, -0.1) is 11.8 Å². The topological polar surface area (TPSA) is 73.9 Å². The highest BCUT2D eigenvalue weighted by Crippen LogP contribution is 2.23. The van der Waals surface area contributed by atoms with Crippen molar-refractivity contribution in [2.75, 3.05) is 32.4 Å². The number of anilines is 1. The second kappa shape index (κ2) is 8.98. The molecule has 2 aromatic rings. The highest BCUT2D eigenvalue weighted by Gasteiger charge is 2.13. The van der Waals surface area contributed by atoms with Gasteiger partial charge in [0.1, 0.15) is 11.5 Å². The standard InChI is InChI=1S/C18H19NO5S/c1-22-14-7-12(8-15(10-14)23-2)18(21)24-11-17(20)19-13-5-4-6-16(9-13)25-3/h4-10H,11H2,1-3H3,(H,19,20). The van der Waals surface area contributed by atoms with E-state index in [1.807, 2.05) is 24.5 Å². The fourth-order valence-corrected chi connectivity index (χ4v) is 2.50. The lowest BCUT2D eigenvalue weighted by molar-refractivity contribution is -0.119. The molecule has 0 bridgehead atoms. The number of ether oxygens (including phenoxy) is 3. The van der Waals surface area contributed by atoms with Gasteiger partial charge in [-0.1, -0.05) is 6.07 Å². The molecule has 0 radical (unpaired) electrons. The number of nitrogens with one attached hydrogen (secondary N) is 1. The number of hydrogen-bond donors (Lipinski definition) is 1. The van der Waals surface area contributed by atoms with Crippen LogP contribution in [0, 0.1) is 0 Å². The minimum absolute atomic E-state index is 0.244. The molecule has 1 amide bonds. The van der Waals surface area contributed by atoms with Crippen molar-refractivity contribution in [3.05, 3.63) is 48.0 Å². The third-order valence-electron chi connectivity index (χ3n) is 3.27. The lowest BCUT2D eigenvalue weighted by Crippen LogP contribution is -2.21. The number of amides is 1. The van der Waals surface area contributed by atoms with Gasteiger partial charge in [-0.25, -0.2) is 4.79 Å². The second-order valence-corrected chi connectivity index (χ2v) is 5.84. The predicted molar refractivity (Wildman–Crippen MR) is 96.7 cm³/mol. The molecule has 0 saturated heterocycles. The minimum Gasteiger partial charge on any atom is -0.497 e. The van der Waals surface area contributed by atoms with Crippen molar-refractivity contribution in [2.24, 2.45) is 0 Å². The summed E-state index contributed by atoms with van der Waals surface area (Å²) in [4.78, 5) is 25.1. The molecule has 0 aliphatic rings. The summed E-state index contributed by atoms with van der Waals surface area (Å²) in [6.45, 7) is -0.387. The van der Waals surface area contributed by atoms with Crippen LogP contribution in [-0.2, 0) is 9.53 Å². The fraction of sp³-hybridized carbons (Fsp3) is 0.222. The van der Waals surface area contributed by atoms with E-state index in [2.05, 4.69) is 5.32 Å². The summed E-state index contributed by atoms with van der Waals surface area (Å²) < 4.78 is 15.3. The van der Waals surface area contributed by atoms with Gasteiger partial charge in [0, 0.05) is 16.6 Å². The number of carbonyl (C=O) groups is 2. The first-order valence-electron chi connectivity index (χ1n) is 7.40. The summed E-state index contributed by atoms with van der Waals surface area (Å²) in [5.41, 5.74) is 0.893. The van der Waals surface area contributed by atoms with Crippen LogP contribution >= 0.6 is 11.8 Å². The van der Waals surface area contributed by atoms with Gasteiger partial charge in [-0.3, -0.25) is 4.79 Å². The van der Waals surface area contributed by atoms with E-state index in [9.17, 15) is 9.59 Å². The number of benzene rings is 2. The largest absolute Gasteiger partial charge is 0.497 e. The summed E-state index contributed by atoms with van der Waals surface area (Å²) >= 11 is 1.57.